The van der Waals surface area contributed by atoms with Crippen molar-refractivity contribution in [3.05, 3.63) is 17.0 Å². The Morgan fingerprint density at radius 3 is 2.62 bits per heavy atom. The third kappa shape index (κ3) is 1.95. The zero-order valence-electron chi connectivity index (χ0n) is 9.36. The Kier molecular flexibility index (Phi) is 2.72. The van der Waals surface area contributed by atoms with Gasteiger partial charge in [-0.15, -0.1) is 0 Å². The average molecular weight is 232 g/mol. The van der Waals surface area contributed by atoms with Crippen LogP contribution in [0.1, 0.15) is 37.2 Å². The molecule has 1 N–H and O–H groups in total. The normalized spacial score (nSPS) is 21.2. The molecule has 1 heterocycles. The molecule has 1 aromatic heterocycles. The summed E-state index contributed by atoms with van der Waals surface area (Å²) in [5.41, 5.74) is 0.342. The number of alkyl halides is 3. The summed E-state index contributed by atoms with van der Waals surface area (Å²) in [6.45, 7) is 4.12. The van der Waals surface area contributed by atoms with Crippen molar-refractivity contribution in [2.75, 3.05) is 0 Å². The lowest BCUT2D eigenvalue weighted by Gasteiger charge is -2.25. The molecule has 1 aliphatic rings. The lowest BCUT2D eigenvalue weighted by Crippen LogP contribution is -2.21. The van der Waals surface area contributed by atoms with Crippen LogP contribution in [-0.4, -0.2) is 10.2 Å². The van der Waals surface area contributed by atoms with Crippen LogP contribution in [0.2, 0.25) is 0 Å². The number of hydrogen-bond acceptors (Lipinski definition) is 1. The smallest absolute Gasteiger partial charge is 0.282 e. The second-order valence-electron chi connectivity index (χ2n) is 4.77. The van der Waals surface area contributed by atoms with Gasteiger partial charge in [0, 0.05) is 11.3 Å². The summed E-state index contributed by atoms with van der Waals surface area (Å²) in [6, 6.07) is 0. The number of nitrogens with zero attached hydrogens (tertiary/aromatic N) is 1. The number of nitrogens with one attached hydrogen (secondary N) is 1. The van der Waals surface area contributed by atoms with Crippen molar-refractivity contribution in [2.45, 2.75) is 39.3 Å². The van der Waals surface area contributed by atoms with Gasteiger partial charge in [0.1, 0.15) is 0 Å². The van der Waals surface area contributed by atoms with Gasteiger partial charge in [0.25, 0.3) is 0 Å². The minimum atomic E-state index is -4.33. The van der Waals surface area contributed by atoms with E-state index >= 15 is 0 Å². The molecule has 0 aliphatic heterocycles. The van der Waals surface area contributed by atoms with Crippen LogP contribution in [0.15, 0.2) is 0 Å². The van der Waals surface area contributed by atoms with Gasteiger partial charge >= 0.3 is 6.18 Å². The van der Waals surface area contributed by atoms with E-state index in [-0.39, 0.29) is 0 Å². The Balaban J connectivity index is 2.32. The number of aromatic nitrogens is 2. The minimum Gasteiger partial charge on any atom is -0.282 e. The molecule has 0 aromatic carbocycles. The van der Waals surface area contributed by atoms with Crippen LogP contribution in [0.3, 0.4) is 0 Å². The fraction of sp³-hybridized carbons (Fsp3) is 0.727. The van der Waals surface area contributed by atoms with Gasteiger partial charge in [-0.05, 0) is 31.1 Å². The second-order valence-corrected chi connectivity index (χ2v) is 4.77. The number of aryl methyl sites for hydroxylation is 1. The molecule has 0 saturated carbocycles. The Hall–Kier alpha value is -1.00. The van der Waals surface area contributed by atoms with E-state index in [0.29, 0.717) is 35.9 Å². The molecule has 5 heteroatoms. The summed E-state index contributed by atoms with van der Waals surface area (Å²) in [5, 5.41) is 5.94. The Morgan fingerprint density at radius 1 is 1.38 bits per heavy atom. The van der Waals surface area contributed by atoms with E-state index in [1.807, 2.05) is 0 Å². The first kappa shape index (κ1) is 11.5. The molecule has 1 aromatic rings. The number of rotatable bonds is 1. The van der Waals surface area contributed by atoms with E-state index in [2.05, 4.69) is 24.0 Å². The van der Waals surface area contributed by atoms with Crippen LogP contribution in [0.5, 0.6) is 0 Å². The Morgan fingerprint density at radius 2 is 2.06 bits per heavy atom. The summed E-state index contributed by atoms with van der Waals surface area (Å²) < 4.78 is 38.0. The molecule has 0 bridgehead atoms. The molecule has 1 unspecified atom stereocenters. The van der Waals surface area contributed by atoms with Crippen LogP contribution in [-0.2, 0) is 19.0 Å². The quantitative estimate of drug-likeness (QED) is 0.791. The van der Waals surface area contributed by atoms with Gasteiger partial charge in [0.15, 0.2) is 5.69 Å². The molecule has 0 amide bonds. The van der Waals surface area contributed by atoms with Crippen molar-refractivity contribution in [3.63, 3.8) is 0 Å². The monoisotopic (exact) mass is 232 g/mol. The molecule has 1 aliphatic carbocycles. The van der Waals surface area contributed by atoms with Crippen LogP contribution < -0.4 is 0 Å². The average Bonchev–Trinajstić information content (AvgIpc) is 2.58. The molecule has 90 valence electrons. The zero-order valence-corrected chi connectivity index (χ0v) is 9.36. The highest BCUT2D eigenvalue weighted by atomic mass is 19.4. The molecule has 0 spiro atoms. The first-order chi connectivity index (χ1) is 7.39. The fourth-order valence-corrected chi connectivity index (χ4v) is 2.33. The summed E-state index contributed by atoms with van der Waals surface area (Å²) in [7, 11) is 0. The van der Waals surface area contributed by atoms with E-state index < -0.39 is 11.9 Å². The molecular weight excluding hydrogens is 217 g/mol. The molecule has 2 rings (SSSR count). The number of halogens is 3. The van der Waals surface area contributed by atoms with Crippen molar-refractivity contribution in [1.29, 1.82) is 0 Å². The van der Waals surface area contributed by atoms with E-state index in [0.717, 1.165) is 6.42 Å². The van der Waals surface area contributed by atoms with Crippen molar-refractivity contribution < 1.29 is 13.2 Å². The van der Waals surface area contributed by atoms with Gasteiger partial charge in [0.2, 0.25) is 0 Å². The topological polar surface area (TPSA) is 28.7 Å². The van der Waals surface area contributed by atoms with Crippen molar-refractivity contribution in [1.82, 2.24) is 10.2 Å². The van der Waals surface area contributed by atoms with Crippen molar-refractivity contribution >= 4 is 0 Å². The summed E-state index contributed by atoms with van der Waals surface area (Å²) in [4.78, 5) is 0. The van der Waals surface area contributed by atoms with Gasteiger partial charge in [-0.2, -0.15) is 18.3 Å². The third-order valence-corrected chi connectivity index (χ3v) is 3.40. The van der Waals surface area contributed by atoms with Crippen LogP contribution in [0.25, 0.3) is 0 Å². The molecule has 2 nitrogen and oxygen atoms in total. The number of fused-ring (bicyclic) bond motifs is 1. The first-order valence-electron chi connectivity index (χ1n) is 5.53. The van der Waals surface area contributed by atoms with Gasteiger partial charge < -0.3 is 0 Å². The fourth-order valence-electron chi connectivity index (χ4n) is 2.33. The highest BCUT2D eigenvalue weighted by Crippen LogP contribution is 2.37. The lowest BCUT2D eigenvalue weighted by molar-refractivity contribution is -0.141. The first-order valence-corrected chi connectivity index (χ1v) is 5.53. The molecule has 16 heavy (non-hydrogen) atoms. The maximum atomic E-state index is 12.7. The van der Waals surface area contributed by atoms with E-state index in [1.165, 1.54) is 0 Å². The van der Waals surface area contributed by atoms with E-state index in [4.69, 9.17) is 0 Å². The second kappa shape index (κ2) is 3.79. The summed E-state index contributed by atoms with van der Waals surface area (Å²) in [5.74, 6) is 0.760. The number of H-pyrrole nitrogens is 1. The van der Waals surface area contributed by atoms with Crippen molar-refractivity contribution in [2.24, 2.45) is 11.8 Å². The largest absolute Gasteiger partial charge is 0.435 e. The summed E-state index contributed by atoms with van der Waals surface area (Å²) >= 11 is 0. The highest BCUT2D eigenvalue weighted by Gasteiger charge is 2.39. The van der Waals surface area contributed by atoms with E-state index in [1.54, 1.807) is 0 Å². The highest BCUT2D eigenvalue weighted by molar-refractivity contribution is 5.30. The summed E-state index contributed by atoms with van der Waals surface area (Å²) in [6.07, 6.45) is -2.20. The minimum absolute atomic E-state index is 0.339. The van der Waals surface area contributed by atoms with Crippen LogP contribution in [0, 0.1) is 11.8 Å². The predicted octanol–water partition coefficient (Wildman–Crippen LogP) is 3.19. The molecule has 0 saturated heterocycles. The predicted molar refractivity (Wildman–Crippen MR) is 53.9 cm³/mol. The van der Waals surface area contributed by atoms with E-state index in [9.17, 15) is 13.2 Å². The zero-order chi connectivity index (χ0) is 11.9. The number of aromatic amines is 1. The SMILES string of the molecule is CC(C)C1CCc2[nH]nc(C(F)(F)F)c2C1. The standard InChI is InChI=1S/C11H15F3N2/c1-6(2)7-3-4-9-8(5-7)10(16-15-9)11(12,13)14/h6-7H,3-5H2,1-2H3,(H,15,16). The van der Waals surface area contributed by atoms with Crippen LogP contribution >= 0.6 is 0 Å². The maximum Gasteiger partial charge on any atom is 0.435 e. The molecule has 1 atom stereocenters. The van der Waals surface area contributed by atoms with Gasteiger partial charge in [-0.3, -0.25) is 5.10 Å². The van der Waals surface area contributed by atoms with Gasteiger partial charge in [-0.1, -0.05) is 13.8 Å². The van der Waals surface area contributed by atoms with Crippen LogP contribution in [0.4, 0.5) is 13.2 Å². The molecular formula is C11H15F3N2. The number of hydrogen-bond donors (Lipinski definition) is 1. The molecule has 0 radical (unpaired) electrons. The maximum absolute atomic E-state index is 12.7. The lowest BCUT2D eigenvalue weighted by atomic mass is 9.80. The Bertz CT molecular complexity index is 379. The Labute approximate surface area is 92.2 Å². The van der Waals surface area contributed by atoms with Gasteiger partial charge in [-0.25, -0.2) is 0 Å². The van der Waals surface area contributed by atoms with Gasteiger partial charge in [0.05, 0.1) is 0 Å². The molecule has 0 fully saturated rings. The van der Waals surface area contributed by atoms with Crippen molar-refractivity contribution in [3.8, 4) is 0 Å². The third-order valence-electron chi connectivity index (χ3n) is 3.40.